The molecule has 1 N–H and O–H groups in total. The van der Waals surface area contributed by atoms with Crippen molar-refractivity contribution in [2.75, 3.05) is 20.2 Å². The van der Waals surface area contributed by atoms with Crippen LogP contribution in [0.15, 0.2) is 59.5 Å². The topological polar surface area (TPSA) is 57.6 Å². The Morgan fingerprint density at radius 1 is 1.12 bits per heavy atom. The highest BCUT2D eigenvalue weighted by molar-refractivity contribution is 7.89. The van der Waals surface area contributed by atoms with E-state index in [1.54, 1.807) is 43.4 Å². The predicted octanol–water partition coefficient (Wildman–Crippen LogP) is 3.52. The summed E-state index contributed by atoms with van der Waals surface area (Å²) in [5.74, 6) is -0.0284. The van der Waals surface area contributed by atoms with Gasteiger partial charge in [0.15, 0.2) is 0 Å². The molecule has 0 amide bonds. The highest BCUT2D eigenvalue weighted by Crippen LogP contribution is 2.26. The molecule has 0 radical (unpaired) electrons. The molecule has 0 aromatic heterocycles. The van der Waals surface area contributed by atoms with Gasteiger partial charge in [-0.05, 0) is 48.6 Å². The number of sulfonamides is 1. The lowest BCUT2D eigenvalue weighted by Gasteiger charge is -2.24. The van der Waals surface area contributed by atoms with Crippen molar-refractivity contribution in [2.45, 2.75) is 23.7 Å². The van der Waals surface area contributed by atoms with Crippen LogP contribution in [-0.4, -0.2) is 38.0 Å². The molecule has 6 heteroatoms. The lowest BCUT2D eigenvalue weighted by atomic mass is 9.94. The van der Waals surface area contributed by atoms with Crippen molar-refractivity contribution in [3.8, 4) is 0 Å². The average molecular weight is 368 g/mol. The van der Waals surface area contributed by atoms with Gasteiger partial charge in [0.2, 0.25) is 10.0 Å². The number of hydrogen-bond donors (Lipinski definition) is 1. The van der Waals surface area contributed by atoms with Crippen LogP contribution in [0.1, 0.15) is 24.3 Å². The second-order valence-electron chi connectivity index (χ2n) is 5.72. The molecule has 0 heterocycles. The highest BCUT2D eigenvalue weighted by Gasteiger charge is 2.24. The molecule has 2 rings (SSSR count). The summed E-state index contributed by atoms with van der Waals surface area (Å²) in [6.07, 6.45) is 1.29. The van der Waals surface area contributed by atoms with Gasteiger partial charge >= 0.3 is 0 Å². The Kier molecular flexibility index (Phi) is 6.80. The number of nitrogens with zero attached hydrogens (tertiary/aromatic N) is 1. The molecule has 4 nitrogen and oxygen atoms in total. The van der Waals surface area contributed by atoms with Crippen LogP contribution in [0.5, 0.6) is 0 Å². The monoisotopic (exact) mass is 367 g/mol. The fraction of sp³-hybridized carbons (Fsp3) is 0.333. The van der Waals surface area contributed by atoms with Crippen molar-refractivity contribution in [2.24, 2.45) is 0 Å². The quantitative estimate of drug-likeness (QED) is 0.776. The molecule has 0 aliphatic rings. The minimum atomic E-state index is -3.54. The van der Waals surface area contributed by atoms with Gasteiger partial charge in [0.05, 0.1) is 4.90 Å². The van der Waals surface area contributed by atoms with Crippen molar-refractivity contribution in [3.63, 3.8) is 0 Å². The third-order valence-corrected chi connectivity index (χ3v) is 6.03. The number of benzene rings is 2. The second kappa shape index (κ2) is 8.62. The van der Waals surface area contributed by atoms with Gasteiger partial charge < -0.3 is 5.11 Å². The van der Waals surface area contributed by atoms with Crippen molar-refractivity contribution < 1.29 is 13.5 Å². The number of aliphatic hydroxyl groups excluding tert-OH is 1. The Morgan fingerprint density at radius 3 is 2.46 bits per heavy atom. The molecule has 1 atom stereocenters. The van der Waals surface area contributed by atoms with Crippen LogP contribution in [0.25, 0.3) is 0 Å². The first-order valence-electron chi connectivity index (χ1n) is 7.83. The molecule has 0 fully saturated rings. The molecule has 0 saturated heterocycles. The number of aliphatic hydroxyl groups is 1. The normalized spacial score (nSPS) is 13.2. The van der Waals surface area contributed by atoms with Gasteiger partial charge in [0.25, 0.3) is 0 Å². The number of hydrogen-bond acceptors (Lipinski definition) is 3. The van der Waals surface area contributed by atoms with Crippen LogP contribution in [0.4, 0.5) is 0 Å². The van der Waals surface area contributed by atoms with Gasteiger partial charge in [-0.1, -0.05) is 41.9 Å². The van der Waals surface area contributed by atoms with E-state index in [4.69, 9.17) is 16.7 Å². The Labute approximate surface area is 148 Å². The van der Waals surface area contributed by atoms with Gasteiger partial charge in [-0.25, -0.2) is 12.7 Å². The third-order valence-electron chi connectivity index (χ3n) is 3.96. The maximum atomic E-state index is 12.7. The number of rotatable bonds is 8. The molecule has 0 bridgehead atoms. The molecule has 0 saturated carbocycles. The summed E-state index contributed by atoms with van der Waals surface area (Å²) < 4.78 is 26.7. The summed E-state index contributed by atoms with van der Waals surface area (Å²) >= 11 is 6.06. The Bertz CT molecular complexity index is 750. The van der Waals surface area contributed by atoms with E-state index in [1.807, 2.05) is 18.2 Å². The van der Waals surface area contributed by atoms with E-state index in [1.165, 1.54) is 4.31 Å². The molecular formula is C18H22ClNO3S. The zero-order chi connectivity index (χ0) is 17.6. The summed E-state index contributed by atoms with van der Waals surface area (Å²) in [4.78, 5) is 0.277. The zero-order valence-corrected chi connectivity index (χ0v) is 15.2. The zero-order valence-electron chi connectivity index (χ0n) is 13.6. The summed E-state index contributed by atoms with van der Waals surface area (Å²) in [6.45, 7) is 0.407. The average Bonchev–Trinajstić information content (AvgIpc) is 2.59. The minimum absolute atomic E-state index is 0.0284. The van der Waals surface area contributed by atoms with E-state index in [2.05, 4.69) is 0 Å². The van der Waals surface area contributed by atoms with Crippen molar-refractivity contribution in [3.05, 3.63) is 65.2 Å². The Hall–Kier alpha value is -1.40. The van der Waals surface area contributed by atoms with Crippen LogP contribution >= 0.6 is 11.6 Å². The first kappa shape index (κ1) is 18.9. The predicted molar refractivity (Wildman–Crippen MR) is 96.8 cm³/mol. The maximum absolute atomic E-state index is 12.7. The minimum Gasteiger partial charge on any atom is -0.396 e. The molecule has 130 valence electrons. The van der Waals surface area contributed by atoms with Crippen LogP contribution in [0.3, 0.4) is 0 Å². The molecule has 2 aromatic carbocycles. The Morgan fingerprint density at radius 2 is 1.83 bits per heavy atom. The van der Waals surface area contributed by atoms with E-state index in [-0.39, 0.29) is 17.4 Å². The first-order chi connectivity index (χ1) is 11.4. The first-order valence-corrected chi connectivity index (χ1v) is 9.64. The summed E-state index contributed by atoms with van der Waals surface area (Å²) in [5, 5.41) is 9.75. The molecule has 0 aliphatic carbocycles. The van der Waals surface area contributed by atoms with Gasteiger partial charge in [0.1, 0.15) is 0 Å². The highest BCUT2D eigenvalue weighted by atomic mass is 35.5. The second-order valence-corrected chi connectivity index (χ2v) is 8.20. The van der Waals surface area contributed by atoms with Crippen LogP contribution in [0.2, 0.25) is 5.02 Å². The molecule has 1 unspecified atom stereocenters. The SMILES string of the molecule is CN(CC(CCCO)c1cccc(Cl)c1)S(=O)(=O)c1ccccc1. The Balaban J connectivity index is 2.22. The van der Waals surface area contributed by atoms with Gasteiger partial charge in [-0.15, -0.1) is 0 Å². The van der Waals surface area contributed by atoms with Crippen LogP contribution < -0.4 is 0 Å². The summed E-state index contributed by atoms with van der Waals surface area (Å²) in [7, 11) is -1.96. The molecule has 24 heavy (non-hydrogen) atoms. The lowest BCUT2D eigenvalue weighted by molar-refractivity contribution is 0.276. The summed E-state index contributed by atoms with van der Waals surface area (Å²) in [6, 6.07) is 15.8. The van der Waals surface area contributed by atoms with E-state index in [0.29, 0.717) is 24.4 Å². The van der Waals surface area contributed by atoms with E-state index in [9.17, 15) is 8.42 Å². The number of halogens is 1. The van der Waals surface area contributed by atoms with Crippen molar-refractivity contribution in [1.82, 2.24) is 4.31 Å². The van der Waals surface area contributed by atoms with Crippen LogP contribution in [-0.2, 0) is 10.0 Å². The smallest absolute Gasteiger partial charge is 0.242 e. The van der Waals surface area contributed by atoms with E-state index in [0.717, 1.165) is 5.56 Å². The lowest BCUT2D eigenvalue weighted by Crippen LogP contribution is -2.31. The van der Waals surface area contributed by atoms with Gasteiger partial charge in [-0.3, -0.25) is 0 Å². The largest absolute Gasteiger partial charge is 0.396 e. The van der Waals surface area contributed by atoms with Gasteiger partial charge in [0, 0.05) is 25.2 Å². The molecule has 2 aromatic rings. The molecule has 0 spiro atoms. The number of likely N-dealkylation sites (N-methyl/N-ethyl adjacent to an activating group) is 1. The summed E-state index contributed by atoms with van der Waals surface area (Å²) in [5.41, 5.74) is 0.978. The van der Waals surface area contributed by atoms with Crippen LogP contribution in [0, 0.1) is 0 Å². The van der Waals surface area contributed by atoms with Crippen molar-refractivity contribution >= 4 is 21.6 Å². The fourth-order valence-electron chi connectivity index (χ4n) is 2.64. The van der Waals surface area contributed by atoms with Gasteiger partial charge in [-0.2, -0.15) is 0 Å². The molecule has 0 aliphatic heterocycles. The maximum Gasteiger partial charge on any atom is 0.242 e. The van der Waals surface area contributed by atoms with E-state index >= 15 is 0 Å². The third kappa shape index (κ3) is 4.80. The molecular weight excluding hydrogens is 346 g/mol. The standard InChI is InChI=1S/C18H22ClNO3S/c1-20(24(22,23)18-10-3-2-4-11-18)14-16(8-6-12-21)15-7-5-9-17(19)13-15/h2-5,7,9-11,13,16,21H,6,8,12,14H2,1H3. The van der Waals surface area contributed by atoms with Crippen molar-refractivity contribution in [1.29, 1.82) is 0 Å². The van der Waals surface area contributed by atoms with E-state index < -0.39 is 10.0 Å². The fourth-order valence-corrected chi connectivity index (χ4v) is 4.08.